The first-order chi connectivity index (χ1) is 9.14. The lowest BCUT2D eigenvalue weighted by Gasteiger charge is -2.45. The number of piperidine rings is 1. The summed E-state index contributed by atoms with van der Waals surface area (Å²) < 4.78 is 13.1. The minimum Gasteiger partial charge on any atom is -0.396 e. The first-order valence-corrected chi connectivity index (χ1v) is 7.23. The molecule has 0 amide bonds. The van der Waals surface area contributed by atoms with E-state index in [2.05, 4.69) is 11.9 Å². The fourth-order valence-electron chi connectivity index (χ4n) is 4.17. The zero-order valence-corrected chi connectivity index (χ0v) is 11.5. The van der Waals surface area contributed by atoms with E-state index in [4.69, 9.17) is 0 Å². The normalized spacial score (nSPS) is 34.7. The number of nitrogens with zero attached hydrogens (tertiary/aromatic N) is 1. The molecule has 1 aromatic rings. The molecule has 0 spiro atoms. The molecule has 2 unspecified atom stereocenters. The molecule has 2 nitrogen and oxygen atoms in total. The predicted octanol–water partition coefficient (Wildman–Crippen LogP) is 2.70. The molecular weight excluding hydrogens is 241 g/mol. The molecule has 3 heteroatoms. The number of rotatable bonds is 3. The van der Waals surface area contributed by atoms with Crippen LogP contribution >= 0.6 is 0 Å². The Bertz CT molecular complexity index is 431. The van der Waals surface area contributed by atoms with Crippen LogP contribution in [-0.2, 0) is 5.41 Å². The number of aliphatic hydroxyl groups excluding tert-OH is 1. The second kappa shape index (κ2) is 4.88. The second-order valence-corrected chi connectivity index (χ2v) is 6.22. The molecule has 19 heavy (non-hydrogen) atoms. The van der Waals surface area contributed by atoms with Crippen molar-refractivity contribution in [3.05, 3.63) is 35.6 Å². The molecule has 1 N–H and O–H groups in total. The van der Waals surface area contributed by atoms with E-state index in [1.54, 1.807) is 12.1 Å². The van der Waals surface area contributed by atoms with Gasteiger partial charge in [-0.15, -0.1) is 0 Å². The molecule has 2 aliphatic heterocycles. The van der Waals surface area contributed by atoms with Crippen LogP contribution in [-0.4, -0.2) is 35.7 Å². The van der Waals surface area contributed by atoms with Crippen molar-refractivity contribution >= 4 is 0 Å². The average Bonchev–Trinajstić information content (AvgIpc) is 2.64. The monoisotopic (exact) mass is 263 g/mol. The Morgan fingerprint density at radius 1 is 1.21 bits per heavy atom. The molecule has 2 fully saturated rings. The lowest BCUT2D eigenvalue weighted by molar-refractivity contribution is 0.0905. The zero-order chi connectivity index (χ0) is 13.5. The van der Waals surface area contributed by atoms with E-state index in [0.717, 1.165) is 19.3 Å². The molecule has 1 aromatic carbocycles. The molecule has 2 bridgehead atoms. The van der Waals surface area contributed by atoms with Gasteiger partial charge in [0.05, 0.1) is 0 Å². The maximum Gasteiger partial charge on any atom is 0.123 e. The Morgan fingerprint density at radius 2 is 1.79 bits per heavy atom. The standard InChI is InChI=1S/C16H22FNO/c1-18-14-6-7-15(18)11-16(10-14,8-9-19)12-2-4-13(17)5-3-12/h2-5,14-15,19H,6-11H2,1H3. The fraction of sp³-hybridized carbons (Fsp3) is 0.625. The summed E-state index contributed by atoms with van der Waals surface area (Å²) in [5.41, 5.74) is 1.24. The summed E-state index contributed by atoms with van der Waals surface area (Å²) in [5.74, 6) is -0.182. The van der Waals surface area contributed by atoms with Crippen molar-refractivity contribution in [1.82, 2.24) is 4.90 Å². The smallest absolute Gasteiger partial charge is 0.123 e. The van der Waals surface area contributed by atoms with Gasteiger partial charge < -0.3 is 10.0 Å². The maximum absolute atomic E-state index is 13.1. The third kappa shape index (κ3) is 2.19. The van der Waals surface area contributed by atoms with Crippen LogP contribution in [0.4, 0.5) is 4.39 Å². The Balaban J connectivity index is 1.94. The average molecular weight is 263 g/mol. The van der Waals surface area contributed by atoms with Crippen LogP contribution in [0.1, 0.15) is 37.7 Å². The molecule has 0 saturated carbocycles. The van der Waals surface area contributed by atoms with Crippen LogP contribution in [0.25, 0.3) is 0 Å². The van der Waals surface area contributed by atoms with Gasteiger partial charge in [-0.25, -0.2) is 4.39 Å². The summed E-state index contributed by atoms with van der Waals surface area (Å²) in [5, 5.41) is 9.47. The van der Waals surface area contributed by atoms with Gasteiger partial charge in [0, 0.05) is 24.1 Å². The highest BCUT2D eigenvalue weighted by atomic mass is 19.1. The van der Waals surface area contributed by atoms with Gasteiger partial charge in [0.15, 0.2) is 0 Å². The van der Waals surface area contributed by atoms with E-state index in [1.165, 1.54) is 18.4 Å². The third-order valence-corrected chi connectivity index (χ3v) is 5.28. The van der Waals surface area contributed by atoms with Gasteiger partial charge in [-0.05, 0) is 56.8 Å². The van der Waals surface area contributed by atoms with Crippen molar-refractivity contribution in [2.45, 2.75) is 49.6 Å². The van der Waals surface area contributed by atoms with Crippen LogP contribution in [0, 0.1) is 5.82 Å². The number of halogens is 1. The molecule has 0 aliphatic carbocycles. The van der Waals surface area contributed by atoms with Crippen molar-refractivity contribution in [3.63, 3.8) is 0 Å². The molecular formula is C16H22FNO. The third-order valence-electron chi connectivity index (χ3n) is 5.28. The summed E-state index contributed by atoms with van der Waals surface area (Å²) in [4.78, 5) is 2.50. The largest absolute Gasteiger partial charge is 0.396 e. The van der Waals surface area contributed by atoms with Crippen molar-refractivity contribution in [3.8, 4) is 0 Å². The number of fused-ring (bicyclic) bond motifs is 2. The lowest BCUT2D eigenvalue weighted by atomic mass is 9.68. The SMILES string of the molecule is CN1C2CCC1CC(CCO)(c1ccc(F)cc1)C2. The number of hydrogen-bond acceptors (Lipinski definition) is 2. The number of aliphatic hydroxyl groups is 1. The molecule has 0 radical (unpaired) electrons. The van der Waals surface area contributed by atoms with E-state index in [9.17, 15) is 9.50 Å². The van der Waals surface area contributed by atoms with E-state index in [1.807, 2.05) is 12.1 Å². The highest BCUT2D eigenvalue weighted by Crippen LogP contribution is 2.48. The van der Waals surface area contributed by atoms with Gasteiger partial charge in [0.2, 0.25) is 0 Å². The van der Waals surface area contributed by atoms with Gasteiger partial charge in [-0.2, -0.15) is 0 Å². The maximum atomic E-state index is 13.1. The van der Waals surface area contributed by atoms with Gasteiger partial charge in [-0.3, -0.25) is 0 Å². The van der Waals surface area contributed by atoms with Gasteiger partial charge >= 0.3 is 0 Å². The molecule has 2 atom stereocenters. The highest BCUT2D eigenvalue weighted by molar-refractivity contribution is 5.28. The van der Waals surface area contributed by atoms with Crippen molar-refractivity contribution in [1.29, 1.82) is 0 Å². The van der Waals surface area contributed by atoms with E-state index in [-0.39, 0.29) is 17.8 Å². The van der Waals surface area contributed by atoms with E-state index >= 15 is 0 Å². The molecule has 2 heterocycles. The van der Waals surface area contributed by atoms with Crippen LogP contribution in [0.3, 0.4) is 0 Å². The first-order valence-electron chi connectivity index (χ1n) is 7.23. The molecule has 2 aliphatic rings. The summed E-state index contributed by atoms with van der Waals surface area (Å²) in [6.45, 7) is 0.209. The second-order valence-electron chi connectivity index (χ2n) is 6.22. The van der Waals surface area contributed by atoms with E-state index in [0.29, 0.717) is 12.1 Å². The predicted molar refractivity (Wildman–Crippen MR) is 73.6 cm³/mol. The fourth-order valence-corrected chi connectivity index (χ4v) is 4.17. The minimum absolute atomic E-state index is 0.0425. The highest BCUT2D eigenvalue weighted by Gasteiger charge is 2.47. The van der Waals surface area contributed by atoms with Crippen LogP contribution in [0.15, 0.2) is 24.3 Å². The molecule has 0 aromatic heterocycles. The molecule has 3 rings (SSSR count). The topological polar surface area (TPSA) is 23.5 Å². The summed E-state index contributed by atoms with van der Waals surface area (Å²) in [7, 11) is 2.22. The van der Waals surface area contributed by atoms with Crippen LogP contribution < -0.4 is 0 Å². The molecule has 2 saturated heterocycles. The molecule has 104 valence electrons. The summed E-state index contributed by atoms with van der Waals surface area (Å²) >= 11 is 0. The Labute approximate surface area is 114 Å². The van der Waals surface area contributed by atoms with Gasteiger partial charge in [-0.1, -0.05) is 12.1 Å². The Hall–Kier alpha value is -0.930. The quantitative estimate of drug-likeness (QED) is 0.906. The Kier molecular flexibility index (Phi) is 3.35. The Morgan fingerprint density at radius 3 is 2.32 bits per heavy atom. The zero-order valence-electron chi connectivity index (χ0n) is 11.5. The number of hydrogen-bond donors (Lipinski definition) is 1. The van der Waals surface area contributed by atoms with Crippen LogP contribution in [0.2, 0.25) is 0 Å². The minimum atomic E-state index is -0.182. The van der Waals surface area contributed by atoms with Crippen molar-refractivity contribution in [2.24, 2.45) is 0 Å². The number of benzene rings is 1. The van der Waals surface area contributed by atoms with Crippen molar-refractivity contribution in [2.75, 3.05) is 13.7 Å². The van der Waals surface area contributed by atoms with Gasteiger partial charge in [0.25, 0.3) is 0 Å². The van der Waals surface area contributed by atoms with Crippen LogP contribution in [0.5, 0.6) is 0 Å². The lowest BCUT2D eigenvalue weighted by Crippen LogP contribution is -2.48. The summed E-state index contributed by atoms with van der Waals surface area (Å²) in [6, 6.07) is 8.17. The summed E-state index contributed by atoms with van der Waals surface area (Å²) in [6.07, 6.45) is 5.49. The van der Waals surface area contributed by atoms with Crippen molar-refractivity contribution < 1.29 is 9.50 Å². The van der Waals surface area contributed by atoms with Gasteiger partial charge in [0.1, 0.15) is 5.82 Å². The first kappa shape index (κ1) is 13.1. The van der Waals surface area contributed by atoms with E-state index < -0.39 is 0 Å².